The highest BCUT2D eigenvalue weighted by molar-refractivity contribution is 7.89. The molecule has 2 atom stereocenters. The van der Waals surface area contributed by atoms with Gasteiger partial charge in [0.1, 0.15) is 17.9 Å². The molecule has 3 aliphatic heterocycles. The number of unbranched alkanes of at least 4 members (excludes halogenated alkanes) is 4. The van der Waals surface area contributed by atoms with E-state index in [0.717, 1.165) is 67.0 Å². The molecule has 0 bridgehead atoms. The van der Waals surface area contributed by atoms with Gasteiger partial charge in [0.15, 0.2) is 0 Å². The molecule has 5 amide bonds. The number of hydrogen-bond acceptors (Lipinski definition) is 13. The van der Waals surface area contributed by atoms with Crippen LogP contribution in [-0.4, -0.2) is 96.5 Å². The van der Waals surface area contributed by atoms with Gasteiger partial charge in [0.2, 0.25) is 33.7 Å². The fraction of sp³-hybridized carbons (Fsp3) is 0.426. The Labute approximate surface area is 380 Å². The number of fused-ring (bicyclic) bond motifs is 1. The summed E-state index contributed by atoms with van der Waals surface area (Å²) in [5.74, 6) is -1.00. The van der Waals surface area contributed by atoms with Crippen LogP contribution in [0.4, 0.5) is 28.8 Å². The maximum Gasteiger partial charge on any atom is 0.261 e. The van der Waals surface area contributed by atoms with Crippen molar-refractivity contribution in [3.63, 3.8) is 0 Å². The topological polar surface area (TPSA) is 229 Å². The van der Waals surface area contributed by atoms with E-state index >= 15 is 0 Å². The SMILES string of the molecule is Cc1cnc(Nc2ccc(N3CCN(C(=O)CCCCCCCNC4C(=O)N(C5CCC(=O)NC5=O)C(=O)c5ccccc54)CC3)cc2)nc1Nc1cccc(S(N)(=O)=O)c1C(C)(C)C. The zero-order valence-electron chi connectivity index (χ0n) is 37.4. The van der Waals surface area contributed by atoms with Gasteiger partial charge in [0, 0.05) is 79.0 Å². The molecule has 0 spiro atoms. The first kappa shape index (κ1) is 46.7. The molecule has 65 heavy (non-hydrogen) atoms. The van der Waals surface area contributed by atoms with Crippen molar-refractivity contribution in [2.24, 2.45) is 5.14 Å². The first-order valence-corrected chi connectivity index (χ1v) is 23.7. The highest BCUT2D eigenvalue weighted by Crippen LogP contribution is 2.37. The van der Waals surface area contributed by atoms with E-state index in [9.17, 15) is 32.4 Å². The summed E-state index contributed by atoms with van der Waals surface area (Å²) >= 11 is 0. The number of amides is 5. The third kappa shape index (κ3) is 11.0. The van der Waals surface area contributed by atoms with Crippen LogP contribution in [0.15, 0.2) is 77.8 Å². The van der Waals surface area contributed by atoms with Crippen LogP contribution in [0, 0.1) is 6.92 Å². The summed E-state index contributed by atoms with van der Waals surface area (Å²) in [5.41, 5.74) is 4.20. The number of hydrogen-bond donors (Lipinski definition) is 5. The lowest BCUT2D eigenvalue weighted by Crippen LogP contribution is -2.60. The summed E-state index contributed by atoms with van der Waals surface area (Å²) in [6.45, 7) is 10.9. The van der Waals surface area contributed by atoms with E-state index in [2.05, 4.69) is 31.2 Å². The summed E-state index contributed by atoms with van der Waals surface area (Å²) in [4.78, 5) is 78.8. The number of aryl methyl sites for hydroxylation is 1. The van der Waals surface area contributed by atoms with Gasteiger partial charge in [-0.2, -0.15) is 4.98 Å². The van der Waals surface area contributed by atoms with E-state index in [-0.39, 0.29) is 23.6 Å². The van der Waals surface area contributed by atoms with E-state index in [0.29, 0.717) is 60.2 Å². The van der Waals surface area contributed by atoms with Crippen molar-refractivity contribution < 1.29 is 32.4 Å². The van der Waals surface area contributed by atoms with E-state index in [4.69, 9.17) is 10.1 Å². The van der Waals surface area contributed by atoms with Crippen LogP contribution in [0.3, 0.4) is 0 Å². The molecule has 0 saturated carbocycles. The lowest BCUT2D eigenvalue weighted by molar-refractivity contribution is -0.144. The number of rotatable bonds is 16. The highest BCUT2D eigenvalue weighted by atomic mass is 32.2. The molecular formula is C47H58N10O7S. The Bertz CT molecular complexity index is 2550. The molecule has 344 valence electrons. The second-order valence-corrected chi connectivity index (χ2v) is 19.4. The Kier molecular flexibility index (Phi) is 14.3. The predicted octanol–water partition coefficient (Wildman–Crippen LogP) is 5.32. The molecule has 18 heteroatoms. The Hall–Kier alpha value is -6.24. The number of nitrogens with zero attached hydrogens (tertiary/aromatic N) is 5. The quantitative estimate of drug-likeness (QED) is 0.0709. The maximum absolute atomic E-state index is 13.6. The average molecular weight is 907 g/mol. The van der Waals surface area contributed by atoms with Crippen molar-refractivity contribution in [1.29, 1.82) is 0 Å². The Morgan fingerprint density at radius 2 is 1.58 bits per heavy atom. The molecule has 7 rings (SSSR count). The minimum Gasteiger partial charge on any atom is -0.368 e. The fourth-order valence-corrected chi connectivity index (χ4v) is 9.67. The Balaban J connectivity index is 0.823. The number of carbonyl (C=O) groups excluding carboxylic acids is 5. The molecular weight excluding hydrogens is 849 g/mol. The molecule has 0 radical (unpaired) electrons. The summed E-state index contributed by atoms with van der Waals surface area (Å²) in [7, 11) is -3.96. The van der Waals surface area contributed by atoms with Gasteiger partial charge in [-0.05, 0) is 86.2 Å². The molecule has 0 aliphatic carbocycles. The number of piperidine rings is 1. The molecule has 1 aromatic heterocycles. The number of primary sulfonamides is 1. The lowest BCUT2D eigenvalue weighted by Gasteiger charge is -2.38. The summed E-state index contributed by atoms with van der Waals surface area (Å²) < 4.78 is 24.9. The fourth-order valence-electron chi connectivity index (χ4n) is 8.70. The lowest BCUT2D eigenvalue weighted by atomic mass is 9.85. The molecule has 4 aromatic rings. The van der Waals surface area contributed by atoms with E-state index in [1.54, 1.807) is 36.5 Å². The van der Waals surface area contributed by atoms with Crippen molar-refractivity contribution >= 4 is 68.4 Å². The van der Waals surface area contributed by atoms with Crippen molar-refractivity contribution in [2.75, 3.05) is 48.3 Å². The van der Waals surface area contributed by atoms with Gasteiger partial charge in [-0.25, -0.2) is 18.5 Å². The van der Waals surface area contributed by atoms with Gasteiger partial charge in [0.25, 0.3) is 11.8 Å². The number of nitrogens with two attached hydrogens (primary N) is 1. The largest absolute Gasteiger partial charge is 0.368 e. The normalized spacial score (nSPS) is 18.1. The first-order valence-electron chi connectivity index (χ1n) is 22.2. The second-order valence-electron chi connectivity index (χ2n) is 17.8. The Morgan fingerprint density at radius 1 is 0.877 bits per heavy atom. The third-order valence-electron chi connectivity index (χ3n) is 12.1. The molecule has 6 N–H and O–H groups in total. The number of carbonyl (C=O) groups is 5. The van der Waals surface area contributed by atoms with Gasteiger partial charge < -0.3 is 25.8 Å². The van der Waals surface area contributed by atoms with Crippen molar-refractivity contribution in [1.82, 2.24) is 30.4 Å². The standard InChI is InChI=1S/C47H58N10O7S/c1-30-29-50-46(54-42(30)52-35-15-12-16-37(65(48,63)64)40(35)47(2,3)4)51-31-18-20-32(21-19-31)55-25-27-56(28-26-55)39(59)17-8-6-5-7-11-24-49-41-33-13-9-10-14-34(33)44(61)57(45(41)62)36-22-23-38(58)53-43(36)60/h9-10,12-16,18-21,29,36,41,49H,5-8,11,17,22-28H2,1-4H3,(H2,48,63,64)(H,53,58,60)(H2,50,51,52,54). The van der Waals surface area contributed by atoms with E-state index in [1.807, 2.05) is 62.9 Å². The van der Waals surface area contributed by atoms with Crippen LogP contribution in [0.25, 0.3) is 0 Å². The smallest absolute Gasteiger partial charge is 0.261 e. The van der Waals surface area contributed by atoms with E-state index in [1.165, 1.54) is 6.07 Å². The minimum atomic E-state index is -3.96. The number of piperazine rings is 1. The third-order valence-corrected chi connectivity index (χ3v) is 13.0. The zero-order valence-corrected chi connectivity index (χ0v) is 38.2. The number of nitrogens with one attached hydrogen (secondary N) is 4. The molecule has 3 aromatic carbocycles. The number of aromatic nitrogens is 2. The van der Waals surface area contributed by atoms with Crippen LogP contribution in [0.1, 0.15) is 105 Å². The maximum atomic E-state index is 13.6. The molecule has 17 nitrogen and oxygen atoms in total. The van der Waals surface area contributed by atoms with Gasteiger partial charge in [0.05, 0.1) is 4.90 Å². The monoisotopic (exact) mass is 906 g/mol. The van der Waals surface area contributed by atoms with Crippen molar-refractivity contribution in [2.45, 2.75) is 101 Å². The number of anilines is 5. The number of imide groups is 2. The molecule has 2 saturated heterocycles. The van der Waals surface area contributed by atoms with Crippen LogP contribution in [0.2, 0.25) is 0 Å². The average Bonchev–Trinajstić information content (AvgIpc) is 3.27. The number of benzene rings is 3. The van der Waals surface area contributed by atoms with Crippen LogP contribution >= 0.6 is 0 Å². The zero-order chi connectivity index (χ0) is 46.5. The summed E-state index contributed by atoms with van der Waals surface area (Å²) in [5, 5.41) is 17.7. The van der Waals surface area contributed by atoms with Crippen molar-refractivity contribution in [3.05, 3.63) is 95.2 Å². The molecule has 2 unspecified atom stereocenters. The molecule has 3 aliphatic rings. The van der Waals surface area contributed by atoms with Gasteiger partial charge in [-0.3, -0.25) is 34.2 Å². The van der Waals surface area contributed by atoms with Gasteiger partial charge in [-0.15, -0.1) is 0 Å². The summed E-state index contributed by atoms with van der Waals surface area (Å²) in [6.07, 6.45) is 6.70. The first-order chi connectivity index (χ1) is 31.0. The number of sulfonamides is 1. The molecule has 2 fully saturated rings. The van der Waals surface area contributed by atoms with Crippen molar-refractivity contribution in [3.8, 4) is 0 Å². The molecule has 4 heterocycles. The van der Waals surface area contributed by atoms with Gasteiger partial charge >= 0.3 is 0 Å². The highest BCUT2D eigenvalue weighted by Gasteiger charge is 2.45. The predicted molar refractivity (Wildman–Crippen MR) is 247 cm³/mol. The minimum absolute atomic E-state index is 0.0630. The van der Waals surface area contributed by atoms with Crippen LogP contribution in [0.5, 0.6) is 0 Å². The Morgan fingerprint density at radius 3 is 2.29 bits per heavy atom. The summed E-state index contributed by atoms with van der Waals surface area (Å²) in [6, 6.07) is 18.1. The van der Waals surface area contributed by atoms with E-state index < -0.39 is 51.2 Å². The van der Waals surface area contributed by atoms with Crippen LogP contribution in [-0.2, 0) is 34.6 Å². The van der Waals surface area contributed by atoms with Gasteiger partial charge in [-0.1, -0.05) is 64.3 Å². The van der Waals surface area contributed by atoms with Crippen LogP contribution < -0.4 is 31.3 Å². The second kappa shape index (κ2) is 19.9.